The zero-order valence-electron chi connectivity index (χ0n) is 8.38. The quantitative estimate of drug-likeness (QED) is 0.562. The van der Waals surface area contributed by atoms with E-state index in [0.717, 1.165) is 6.54 Å². The molecule has 0 amide bonds. The molecule has 1 unspecified atom stereocenters. The summed E-state index contributed by atoms with van der Waals surface area (Å²) < 4.78 is 10.1. The average Bonchev–Trinajstić information content (AvgIpc) is 2.11. The lowest BCUT2D eigenvalue weighted by molar-refractivity contribution is 0.0713. The summed E-state index contributed by atoms with van der Waals surface area (Å²) in [7, 11) is 1.65. The SMILES string of the molecule is COCCOCCNC(C)CC#N. The lowest BCUT2D eigenvalue weighted by Gasteiger charge is -2.09. The van der Waals surface area contributed by atoms with E-state index in [2.05, 4.69) is 11.4 Å². The van der Waals surface area contributed by atoms with Gasteiger partial charge in [-0.1, -0.05) is 0 Å². The molecule has 76 valence electrons. The molecular weight excluding hydrogens is 168 g/mol. The first-order valence-electron chi connectivity index (χ1n) is 4.48. The molecule has 0 heterocycles. The van der Waals surface area contributed by atoms with Gasteiger partial charge in [-0.3, -0.25) is 0 Å². The Balaban J connectivity index is 3.03. The third-order valence-electron chi connectivity index (χ3n) is 1.57. The van der Waals surface area contributed by atoms with Crippen molar-refractivity contribution in [1.82, 2.24) is 5.32 Å². The van der Waals surface area contributed by atoms with Gasteiger partial charge in [0.25, 0.3) is 0 Å². The van der Waals surface area contributed by atoms with Crippen molar-refractivity contribution in [2.75, 3.05) is 33.5 Å². The van der Waals surface area contributed by atoms with Gasteiger partial charge in [-0.25, -0.2) is 0 Å². The summed E-state index contributed by atoms with van der Waals surface area (Å²) in [4.78, 5) is 0. The van der Waals surface area contributed by atoms with E-state index in [1.54, 1.807) is 7.11 Å². The van der Waals surface area contributed by atoms with Gasteiger partial charge in [0.05, 0.1) is 32.3 Å². The Hall–Kier alpha value is -0.630. The molecule has 4 nitrogen and oxygen atoms in total. The average molecular weight is 186 g/mol. The number of nitrogens with zero attached hydrogens (tertiary/aromatic N) is 1. The summed E-state index contributed by atoms with van der Waals surface area (Å²) >= 11 is 0. The van der Waals surface area contributed by atoms with E-state index < -0.39 is 0 Å². The molecule has 0 saturated carbocycles. The first-order chi connectivity index (χ1) is 6.31. The molecule has 1 N–H and O–H groups in total. The summed E-state index contributed by atoms with van der Waals surface area (Å²) in [5.41, 5.74) is 0. The van der Waals surface area contributed by atoms with Crippen LogP contribution in [0.4, 0.5) is 0 Å². The van der Waals surface area contributed by atoms with Crippen LogP contribution in [-0.2, 0) is 9.47 Å². The lowest BCUT2D eigenvalue weighted by Crippen LogP contribution is -2.29. The van der Waals surface area contributed by atoms with Crippen LogP contribution in [0, 0.1) is 11.3 Å². The fourth-order valence-electron chi connectivity index (χ4n) is 0.831. The van der Waals surface area contributed by atoms with Gasteiger partial charge in [0.2, 0.25) is 0 Å². The van der Waals surface area contributed by atoms with Crippen molar-refractivity contribution in [3.8, 4) is 6.07 Å². The Bertz CT molecular complexity index is 145. The highest BCUT2D eigenvalue weighted by Gasteiger charge is 1.97. The third kappa shape index (κ3) is 9.28. The van der Waals surface area contributed by atoms with E-state index in [1.807, 2.05) is 6.92 Å². The van der Waals surface area contributed by atoms with Gasteiger partial charge < -0.3 is 14.8 Å². The molecule has 0 aromatic carbocycles. The molecule has 0 aliphatic heterocycles. The normalized spacial score (nSPS) is 12.4. The van der Waals surface area contributed by atoms with E-state index in [0.29, 0.717) is 26.2 Å². The van der Waals surface area contributed by atoms with Gasteiger partial charge in [-0.05, 0) is 6.92 Å². The number of nitriles is 1. The predicted molar refractivity (Wildman–Crippen MR) is 50.4 cm³/mol. The van der Waals surface area contributed by atoms with Crippen molar-refractivity contribution in [1.29, 1.82) is 5.26 Å². The molecule has 0 aliphatic rings. The van der Waals surface area contributed by atoms with Crippen LogP contribution in [0.3, 0.4) is 0 Å². The van der Waals surface area contributed by atoms with E-state index in [-0.39, 0.29) is 6.04 Å². The van der Waals surface area contributed by atoms with Crippen molar-refractivity contribution < 1.29 is 9.47 Å². The van der Waals surface area contributed by atoms with Crippen LogP contribution in [0.15, 0.2) is 0 Å². The first kappa shape index (κ1) is 12.4. The molecule has 0 aromatic rings. The van der Waals surface area contributed by atoms with E-state index in [9.17, 15) is 0 Å². The summed E-state index contributed by atoms with van der Waals surface area (Å²) in [5.74, 6) is 0. The van der Waals surface area contributed by atoms with Crippen molar-refractivity contribution in [2.45, 2.75) is 19.4 Å². The zero-order chi connectivity index (χ0) is 9.94. The van der Waals surface area contributed by atoms with Crippen molar-refractivity contribution >= 4 is 0 Å². The largest absolute Gasteiger partial charge is 0.382 e. The maximum atomic E-state index is 8.37. The van der Waals surface area contributed by atoms with Crippen LogP contribution in [0.5, 0.6) is 0 Å². The second kappa shape index (κ2) is 9.46. The Morgan fingerprint density at radius 3 is 2.77 bits per heavy atom. The van der Waals surface area contributed by atoms with Crippen LogP contribution < -0.4 is 5.32 Å². The minimum Gasteiger partial charge on any atom is -0.382 e. The van der Waals surface area contributed by atoms with E-state index >= 15 is 0 Å². The molecule has 0 radical (unpaired) electrons. The van der Waals surface area contributed by atoms with Gasteiger partial charge in [-0.15, -0.1) is 0 Å². The summed E-state index contributed by atoms with van der Waals surface area (Å²) in [6, 6.07) is 2.35. The molecule has 0 bridgehead atoms. The van der Waals surface area contributed by atoms with Crippen LogP contribution in [0.2, 0.25) is 0 Å². The monoisotopic (exact) mass is 186 g/mol. The second-order valence-electron chi connectivity index (χ2n) is 2.82. The molecule has 0 rings (SSSR count). The van der Waals surface area contributed by atoms with Crippen LogP contribution in [-0.4, -0.2) is 39.5 Å². The van der Waals surface area contributed by atoms with Crippen LogP contribution >= 0.6 is 0 Å². The molecule has 13 heavy (non-hydrogen) atoms. The Labute approximate surface area is 79.8 Å². The topological polar surface area (TPSA) is 54.3 Å². The summed E-state index contributed by atoms with van der Waals surface area (Å²) in [5, 5.41) is 11.5. The Morgan fingerprint density at radius 1 is 1.38 bits per heavy atom. The maximum Gasteiger partial charge on any atom is 0.0700 e. The smallest absolute Gasteiger partial charge is 0.0700 e. The molecule has 4 heteroatoms. The fourth-order valence-corrected chi connectivity index (χ4v) is 0.831. The predicted octanol–water partition coefficient (Wildman–Crippen LogP) is 0.541. The number of ether oxygens (including phenoxy) is 2. The first-order valence-corrected chi connectivity index (χ1v) is 4.48. The molecule has 0 spiro atoms. The van der Waals surface area contributed by atoms with Gasteiger partial charge in [0.15, 0.2) is 0 Å². The molecule has 0 aromatic heterocycles. The highest BCUT2D eigenvalue weighted by atomic mass is 16.5. The number of nitrogens with one attached hydrogen (secondary N) is 1. The van der Waals surface area contributed by atoms with Crippen molar-refractivity contribution in [3.63, 3.8) is 0 Å². The summed E-state index contributed by atoms with van der Waals surface area (Å²) in [6.45, 7) is 4.70. The van der Waals surface area contributed by atoms with E-state index in [1.165, 1.54) is 0 Å². The van der Waals surface area contributed by atoms with E-state index in [4.69, 9.17) is 14.7 Å². The van der Waals surface area contributed by atoms with Crippen molar-refractivity contribution in [2.24, 2.45) is 0 Å². The minimum absolute atomic E-state index is 0.246. The van der Waals surface area contributed by atoms with Gasteiger partial charge >= 0.3 is 0 Å². The molecule has 0 aliphatic carbocycles. The molecular formula is C9H18N2O2. The lowest BCUT2D eigenvalue weighted by atomic mass is 10.2. The van der Waals surface area contributed by atoms with Gasteiger partial charge in [-0.2, -0.15) is 5.26 Å². The fraction of sp³-hybridized carbons (Fsp3) is 0.889. The van der Waals surface area contributed by atoms with Crippen LogP contribution in [0.1, 0.15) is 13.3 Å². The minimum atomic E-state index is 0.246. The van der Waals surface area contributed by atoms with Crippen molar-refractivity contribution in [3.05, 3.63) is 0 Å². The number of methoxy groups -OCH3 is 1. The third-order valence-corrected chi connectivity index (χ3v) is 1.57. The molecule has 0 saturated heterocycles. The number of rotatable bonds is 8. The highest BCUT2D eigenvalue weighted by Crippen LogP contribution is 1.86. The summed E-state index contributed by atoms with van der Waals surface area (Å²) in [6.07, 6.45) is 0.540. The van der Waals surface area contributed by atoms with Gasteiger partial charge in [0.1, 0.15) is 0 Å². The van der Waals surface area contributed by atoms with Crippen LogP contribution in [0.25, 0.3) is 0 Å². The second-order valence-corrected chi connectivity index (χ2v) is 2.82. The Morgan fingerprint density at radius 2 is 2.15 bits per heavy atom. The molecule has 1 atom stereocenters. The highest BCUT2D eigenvalue weighted by molar-refractivity contribution is 4.76. The number of hydrogen-bond donors (Lipinski definition) is 1. The van der Waals surface area contributed by atoms with Gasteiger partial charge in [0, 0.05) is 19.7 Å². The Kier molecular flexibility index (Phi) is 9.00. The number of hydrogen-bond acceptors (Lipinski definition) is 4. The standard InChI is InChI=1S/C9H18N2O2/c1-9(3-4-10)11-5-6-13-8-7-12-2/h9,11H,3,5-8H2,1-2H3. The molecule has 0 fully saturated rings. The zero-order valence-corrected chi connectivity index (χ0v) is 8.38. The maximum absolute atomic E-state index is 8.37.